The Balaban J connectivity index is 2.35. The zero-order chi connectivity index (χ0) is 10.1. The van der Waals surface area contributed by atoms with Crippen LogP contribution in [0.1, 0.15) is 0 Å². The molecule has 0 aromatic heterocycles. The summed E-state index contributed by atoms with van der Waals surface area (Å²) in [5, 5.41) is 17.7. The second kappa shape index (κ2) is 2.95. The molecule has 1 aromatic carbocycles. The fourth-order valence-corrected chi connectivity index (χ4v) is 1.03. The Morgan fingerprint density at radius 3 is 2.79 bits per heavy atom. The van der Waals surface area contributed by atoms with E-state index in [0.717, 1.165) is 6.26 Å². The Morgan fingerprint density at radius 2 is 2.07 bits per heavy atom. The SMILES string of the molecule is O=C(O)C1=COc2ccc(O)cc2O1. The molecule has 0 bridgehead atoms. The van der Waals surface area contributed by atoms with Crippen LogP contribution in [0.2, 0.25) is 0 Å². The fourth-order valence-electron chi connectivity index (χ4n) is 1.03. The number of hydrogen-bond acceptors (Lipinski definition) is 4. The molecule has 0 amide bonds. The largest absolute Gasteiger partial charge is 0.508 e. The third-order valence-corrected chi connectivity index (χ3v) is 1.65. The number of carboxylic acids is 1. The van der Waals surface area contributed by atoms with Crippen molar-refractivity contribution in [2.45, 2.75) is 0 Å². The third kappa shape index (κ3) is 1.35. The number of rotatable bonds is 1. The van der Waals surface area contributed by atoms with Crippen molar-refractivity contribution < 1.29 is 24.5 Å². The molecule has 0 saturated carbocycles. The number of fused-ring (bicyclic) bond motifs is 1. The van der Waals surface area contributed by atoms with Crippen LogP contribution in [0.15, 0.2) is 30.2 Å². The third-order valence-electron chi connectivity index (χ3n) is 1.65. The minimum absolute atomic E-state index is 0.0148. The van der Waals surface area contributed by atoms with E-state index in [2.05, 4.69) is 0 Å². The van der Waals surface area contributed by atoms with Gasteiger partial charge in [0.15, 0.2) is 11.5 Å². The van der Waals surface area contributed by atoms with Crippen molar-refractivity contribution >= 4 is 5.97 Å². The van der Waals surface area contributed by atoms with Crippen molar-refractivity contribution in [3.8, 4) is 17.2 Å². The first-order valence-corrected chi connectivity index (χ1v) is 3.78. The lowest BCUT2D eigenvalue weighted by molar-refractivity contribution is -0.135. The zero-order valence-corrected chi connectivity index (χ0v) is 6.93. The van der Waals surface area contributed by atoms with Crippen LogP contribution >= 0.6 is 0 Å². The highest BCUT2D eigenvalue weighted by Gasteiger charge is 2.19. The molecule has 2 rings (SSSR count). The maximum atomic E-state index is 10.5. The number of ether oxygens (including phenoxy) is 2. The molecule has 0 spiro atoms. The molecular weight excluding hydrogens is 188 g/mol. The van der Waals surface area contributed by atoms with E-state index in [1.807, 2.05) is 0 Å². The topological polar surface area (TPSA) is 76.0 Å². The van der Waals surface area contributed by atoms with E-state index >= 15 is 0 Å². The molecule has 0 unspecified atom stereocenters. The molecule has 1 aliphatic heterocycles. The summed E-state index contributed by atoms with van der Waals surface area (Å²) in [5.41, 5.74) is 0. The van der Waals surface area contributed by atoms with Crippen LogP contribution in [0.4, 0.5) is 0 Å². The normalized spacial score (nSPS) is 13.3. The Bertz CT molecular complexity index is 421. The molecule has 0 atom stereocenters. The maximum absolute atomic E-state index is 10.5. The van der Waals surface area contributed by atoms with E-state index in [1.165, 1.54) is 18.2 Å². The first-order valence-electron chi connectivity index (χ1n) is 3.78. The lowest BCUT2D eigenvalue weighted by Gasteiger charge is -2.15. The highest BCUT2D eigenvalue weighted by Crippen LogP contribution is 2.35. The summed E-state index contributed by atoms with van der Waals surface area (Å²) >= 11 is 0. The van der Waals surface area contributed by atoms with Crippen molar-refractivity contribution in [3.63, 3.8) is 0 Å². The van der Waals surface area contributed by atoms with Crippen molar-refractivity contribution in [2.75, 3.05) is 0 Å². The molecule has 0 aliphatic carbocycles. The zero-order valence-electron chi connectivity index (χ0n) is 6.93. The number of carbonyl (C=O) groups is 1. The summed E-state index contributed by atoms with van der Waals surface area (Å²) in [5.74, 6) is -1.00. The van der Waals surface area contributed by atoms with Crippen LogP contribution < -0.4 is 9.47 Å². The fraction of sp³-hybridized carbons (Fsp3) is 0. The Kier molecular flexibility index (Phi) is 1.78. The van der Waals surface area contributed by atoms with Gasteiger partial charge in [0.1, 0.15) is 12.0 Å². The van der Waals surface area contributed by atoms with Gasteiger partial charge in [-0.25, -0.2) is 4.79 Å². The van der Waals surface area contributed by atoms with Crippen LogP contribution in [-0.4, -0.2) is 16.2 Å². The second-order valence-electron chi connectivity index (χ2n) is 2.64. The summed E-state index contributed by atoms with van der Waals surface area (Å²) in [6.07, 6.45) is 1.00. The minimum Gasteiger partial charge on any atom is -0.508 e. The van der Waals surface area contributed by atoms with E-state index in [-0.39, 0.29) is 17.3 Å². The Labute approximate surface area is 78.8 Å². The van der Waals surface area contributed by atoms with Gasteiger partial charge in [0.2, 0.25) is 5.76 Å². The van der Waals surface area contributed by atoms with Crippen molar-refractivity contribution in [1.29, 1.82) is 0 Å². The number of phenols is 1. The van der Waals surface area contributed by atoms with Gasteiger partial charge in [-0.2, -0.15) is 0 Å². The van der Waals surface area contributed by atoms with Crippen LogP contribution in [-0.2, 0) is 4.79 Å². The van der Waals surface area contributed by atoms with Crippen LogP contribution in [0.3, 0.4) is 0 Å². The number of carboxylic acid groups (broad SMARTS) is 1. The highest BCUT2D eigenvalue weighted by atomic mass is 16.6. The molecule has 5 heteroatoms. The number of phenolic OH excluding ortho intramolecular Hbond substituents is 1. The van der Waals surface area contributed by atoms with E-state index in [1.54, 1.807) is 0 Å². The number of aromatic hydroxyl groups is 1. The molecule has 14 heavy (non-hydrogen) atoms. The molecule has 0 radical (unpaired) electrons. The Hall–Kier alpha value is -2.17. The van der Waals surface area contributed by atoms with Crippen molar-refractivity contribution in [2.24, 2.45) is 0 Å². The van der Waals surface area contributed by atoms with Gasteiger partial charge in [0.05, 0.1) is 0 Å². The summed E-state index contributed by atoms with van der Waals surface area (Å²) in [4.78, 5) is 10.5. The summed E-state index contributed by atoms with van der Waals surface area (Å²) in [7, 11) is 0. The number of aliphatic carboxylic acids is 1. The summed E-state index contributed by atoms with van der Waals surface area (Å²) in [6, 6.07) is 4.19. The van der Waals surface area contributed by atoms with Crippen LogP contribution in [0.5, 0.6) is 17.2 Å². The molecular formula is C9H6O5. The van der Waals surface area contributed by atoms with Gasteiger partial charge in [-0.1, -0.05) is 0 Å². The quantitative estimate of drug-likeness (QED) is 0.699. The van der Waals surface area contributed by atoms with Crippen molar-refractivity contribution in [3.05, 3.63) is 30.2 Å². The highest BCUT2D eigenvalue weighted by molar-refractivity contribution is 5.85. The van der Waals surface area contributed by atoms with Gasteiger partial charge in [-0.15, -0.1) is 0 Å². The number of hydrogen-bond donors (Lipinski definition) is 2. The van der Waals surface area contributed by atoms with Gasteiger partial charge in [-0.3, -0.25) is 0 Å². The molecule has 0 fully saturated rings. The lowest BCUT2D eigenvalue weighted by atomic mass is 10.3. The predicted molar refractivity (Wildman–Crippen MR) is 45.1 cm³/mol. The second-order valence-corrected chi connectivity index (χ2v) is 2.64. The molecule has 0 saturated heterocycles. The first kappa shape index (κ1) is 8.43. The summed E-state index contributed by atoms with van der Waals surface area (Å²) < 4.78 is 9.92. The van der Waals surface area contributed by atoms with Crippen molar-refractivity contribution in [1.82, 2.24) is 0 Å². The van der Waals surface area contributed by atoms with Gasteiger partial charge >= 0.3 is 5.97 Å². The number of benzene rings is 1. The average molecular weight is 194 g/mol. The molecule has 5 nitrogen and oxygen atoms in total. The van der Waals surface area contributed by atoms with Crippen LogP contribution in [0.25, 0.3) is 0 Å². The minimum atomic E-state index is -1.22. The maximum Gasteiger partial charge on any atom is 0.375 e. The molecule has 1 heterocycles. The summed E-state index contributed by atoms with van der Waals surface area (Å²) in [6.45, 7) is 0. The standard InChI is InChI=1S/C9H6O5/c10-5-1-2-6-7(3-5)14-8(4-13-6)9(11)12/h1-4,10H,(H,11,12). The van der Waals surface area contributed by atoms with Gasteiger partial charge in [0, 0.05) is 6.07 Å². The van der Waals surface area contributed by atoms with E-state index < -0.39 is 5.97 Å². The molecule has 1 aromatic rings. The predicted octanol–water partition coefficient (Wildman–Crippen LogP) is 1.09. The monoisotopic (exact) mass is 194 g/mol. The van der Waals surface area contributed by atoms with E-state index in [9.17, 15) is 4.79 Å². The Morgan fingerprint density at radius 1 is 1.29 bits per heavy atom. The molecule has 72 valence electrons. The molecule has 1 aliphatic rings. The van der Waals surface area contributed by atoms with E-state index in [0.29, 0.717) is 5.75 Å². The first-order chi connectivity index (χ1) is 6.66. The van der Waals surface area contributed by atoms with Gasteiger partial charge in [-0.05, 0) is 12.1 Å². The van der Waals surface area contributed by atoms with Gasteiger partial charge < -0.3 is 19.7 Å². The van der Waals surface area contributed by atoms with Gasteiger partial charge in [0.25, 0.3) is 0 Å². The van der Waals surface area contributed by atoms with Crippen LogP contribution in [0, 0.1) is 0 Å². The molecule has 2 N–H and O–H groups in total. The lowest BCUT2D eigenvalue weighted by Crippen LogP contribution is -2.12. The van der Waals surface area contributed by atoms with E-state index in [4.69, 9.17) is 19.7 Å². The smallest absolute Gasteiger partial charge is 0.375 e. The average Bonchev–Trinajstić information content (AvgIpc) is 2.16.